The zero-order valence-corrected chi connectivity index (χ0v) is 47.4. The van der Waals surface area contributed by atoms with Gasteiger partial charge in [-0.25, -0.2) is 4.98 Å². The van der Waals surface area contributed by atoms with Gasteiger partial charge in [0.05, 0.1) is 0 Å². The third kappa shape index (κ3) is 10.0. The third-order valence-electron chi connectivity index (χ3n) is 14.6. The van der Waals surface area contributed by atoms with E-state index in [2.05, 4.69) is 276 Å². The molecule has 376 valence electrons. The van der Waals surface area contributed by atoms with E-state index in [9.17, 15) is 0 Å². The summed E-state index contributed by atoms with van der Waals surface area (Å²) in [6, 6.07) is 62.7. The summed E-state index contributed by atoms with van der Waals surface area (Å²) in [7, 11) is 0. The molecule has 10 rings (SSSR count). The first kappa shape index (κ1) is 51.5. The van der Waals surface area contributed by atoms with E-state index in [1.807, 2.05) is 12.3 Å². The molecule has 0 spiro atoms. The predicted molar refractivity (Wildman–Crippen MR) is 303 cm³/mol. The smallest absolute Gasteiger partial charge is 0.135 e. The van der Waals surface area contributed by atoms with Crippen molar-refractivity contribution in [2.24, 2.45) is 0 Å². The molecule has 0 amide bonds. The molecular formula is C67H69N4OPt-3. The van der Waals surface area contributed by atoms with E-state index in [0.717, 1.165) is 61.5 Å². The van der Waals surface area contributed by atoms with Crippen LogP contribution in [-0.4, -0.2) is 9.55 Å². The Morgan fingerprint density at radius 1 is 0.452 bits per heavy atom. The number of benzene rings is 7. The summed E-state index contributed by atoms with van der Waals surface area (Å²) in [4.78, 5) is 9.66. The van der Waals surface area contributed by atoms with Crippen molar-refractivity contribution < 1.29 is 25.8 Å². The van der Waals surface area contributed by atoms with Crippen molar-refractivity contribution in [3.63, 3.8) is 0 Å². The standard InChI is InChI=1S/C67H69N4O.Pt/c1-63(2,3)47-31-32-68-62(40-47)71-58-29-25-45(44-21-17-15-18-22-44)33-57(58)56-28-27-54(42-60(56)71)72-55-38-51(66(10,11)12)37-53(41-55)69-43-70(52-35-49(64(4,5)6)34-50(36-52)65(7,8)9)61-39-48(26-30-59(61)69)67(13,14)46-23-19-16-20-24-46;/h15-40,43H,1-14H3;/q-3;. The Labute approximate surface area is 449 Å². The molecular weight excluding hydrogens is 1070 g/mol. The second-order valence-corrected chi connectivity index (χ2v) is 24.5. The van der Waals surface area contributed by atoms with Gasteiger partial charge in [0.15, 0.2) is 0 Å². The molecule has 9 aromatic rings. The van der Waals surface area contributed by atoms with Gasteiger partial charge in [-0.05, 0) is 108 Å². The Hall–Kier alpha value is -6.42. The van der Waals surface area contributed by atoms with Gasteiger partial charge in [-0.15, -0.1) is 53.6 Å². The van der Waals surface area contributed by atoms with Gasteiger partial charge in [0.2, 0.25) is 0 Å². The molecule has 2 aromatic heterocycles. The van der Waals surface area contributed by atoms with Crippen molar-refractivity contribution in [3.05, 3.63) is 210 Å². The van der Waals surface area contributed by atoms with Crippen LogP contribution in [0.25, 0.3) is 38.8 Å². The number of rotatable bonds is 8. The molecule has 0 N–H and O–H groups in total. The first-order valence-corrected chi connectivity index (χ1v) is 25.5. The van der Waals surface area contributed by atoms with Gasteiger partial charge in [0.1, 0.15) is 5.82 Å². The van der Waals surface area contributed by atoms with Crippen LogP contribution in [0.1, 0.15) is 130 Å². The summed E-state index contributed by atoms with van der Waals surface area (Å²) in [5.41, 5.74) is 15.4. The minimum absolute atomic E-state index is 0. The molecule has 5 nitrogen and oxygen atoms in total. The molecule has 0 aliphatic carbocycles. The van der Waals surface area contributed by atoms with Gasteiger partial charge in [-0.2, -0.15) is 6.07 Å². The van der Waals surface area contributed by atoms with Gasteiger partial charge >= 0.3 is 0 Å². The number of pyridine rings is 1. The molecule has 73 heavy (non-hydrogen) atoms. The molecule has 6 heteroatoms. The number of fused-ring (bicyclic) bond motifs is 4. The van der Waals surface area contributed by atoms with Crippen LogP contribution >= 0.6 is 0 Å². The molecule has 0 atom stereocenters. The predicted octanol–water partition coefficient (Wildman–Crippen LogP) is 18.2. The monoisotopic (exact) mass is 1140 g/mol. The summed E-state index contributed by atoms with van der Waals surface area (Å²) in [5, 5.41) is 2.21. The Balaban J connectivity index is 0.00000656. The maximum Gasteiger partial charge on any atom is 0.135 e. The zero-order chi connectivity index (χ0) is 51.1. The Morgan fingerprint density at radius 2 is 1.08 bits per heavy atom. The molecule has 1 aliphatic rings. The van der Waals surface area contributed by atoms with E-state index in [0.29, 0.717) is 11.5 Å². The fraction of sp³-hybridized carbons (Fsp3) is 0.284. The Morgan fingerprint density at radius 3 is 1.73 bits per heavy atom. The first-order valence-electron chi connectivity index (χ1n) is 25.5. The summed E-state index contributed by atoms with van der Waals surface area (Å²) in [6.45, 7) is 34.2. The first-order chi connectivity index (χ1) is 33.9. The zero-order valence-electron chi connectivity index (χ0n) is 45.1. The molecule has 0 unspecified atom stereocenters. The quantitative estimate of drug-likeness (QED) is 0.142. The average molecular weight is 1140 g/mol. The van der Waals surface area contributed by atoms with E-state index in [1.165, 1.54) is 33.4 Å². The molecule has 0 bridgehead atoms. The summed E-state index contributed by atoms with van der Waals surface area (Å²) >= 11 is 0. The number of hydrogen-bond donors (Lipinski definition) is 0. The van der Waals surface area contributed by atoms with E-state index in [4.69, 9.17) is 9.72 Å². The maximum absolute atomic E-state index is 7.00. The van der Waals surface area contributed by atoms with Crippen molar-refractivity contribution in [2.75, 3.05) is 9.80 Å². The number of ether oxygens (including phenoxy) is 1. The number of nitrogens with zero attached hydrogens (tertiary/aromatic N) is 4. The minimum atomic E-state index is -0.239. The second-order valence-electron chi connectivity index (χ2n) is 24.5. The SMILES string of the molecule is CC(C)(C)c1cc(Oc2[c-]c3c(cc2)c2cc(-c4ccccc4)ccc2n3-c2cc(C(C)(C)C)ccn2)[c-]c(N2[CH-]N(c3cc(C(C)(C)C)cc(C(C)(C)C)c3)c3cc(C(C)(C)c4ccccc4)ccc32)c1.[Pt]. The van der Waals surface area contributed by atoms with Crippen LogP contribution in [0.4, 0.5) is 22.7 Å². The van der Waals surface area contributed by atoms with Crippen LogP contribution in [0.5, 0.6) is 11.5 Å². The fourth-order valence-electron chi connectivity index (χ4n) is 9.89. The maximum atomic E-state index is 7.00. The second kappa shape index (κ2) is 18.8. The number of hydrogen-bond acceptors (Lipinski definition) is 4. The van der Waals surface area contributed by atoms with Gasteiger partial charge in [-0.3, -0.25) is 0 Å². The molecule has 0 radical (unpaired) electrons. The van der Waals surface area contributed by atoms with E-state index in [1.54, 1.807) is 0 Å². The topological polar surface area (TPSA) is 33.5 Å². The van der Waals surface area contributed by atoms with Crippen molar-refractivity contribution in [2.45, 2.75) is 124 Å². The van der Waals surface area contributed by atoms with Crippen LogP contribution < -0.4 is 14.5 Å². The Kier molecular flexibility index (Phi) is 13.3. The van der Waals surface area contributed by atoms with Gasteiger partial charge in [0, 0.05) is 66.8 Å². The third-order valence-corrected chi connectivity index (χ3v) is 14.6. The van der Waals surface area contributed by atoms with Crippen molar-refractivity contribution in [1.29, 1.82) is 0 Å². The summed E-state index contributed by atoms with van der Waals surface area (Å²) in [5.74, 6) is 2.07. The van der Waals surface area contributed by atoms with Gasteiger partial charge in [-0.1, -0.05) is 187 Å². The Bertz CT molecular complexity index is 3460. The van der Waals surface area contributed by atoms with Crippen molar-refractivity contribution in [3.8, 4) is 28.4 Å². The van der Waals surface area contributed by atoms with Crippen LogP contribution in [-0.2, 0) is 48.1 Å². The molecule has 0 saturated heterocycles. The van der Waals surface area contributed by atoms with E-state index < -0.39 is 0 Å². The van der Waals surface area contributed by atoms with Gasteiger partial charge in [0.25, 0.3) is 0 Å². The summed E-state index contributed by atoms with van der Waals surface area (Å²) in [6.07, 6.45) is 1.92. The molecule has 0 fully saturated rings. The normalized spacial score (nSPS) is 13.4. The number of aromatic nitrogens is 2. The van der Waals surface area contributed by atoms with Crippen molar-refractivity contribution in [1.82, 2.24) is 9.55 Å². The van der Waals surface area contributed by atoms with Crippen LogP contribution in [0.15, 0.2) is 158 Å². The average Bonchev–Trinajstić information content (AvgIpc) is 3.88. The largest absolute Gasteiger partial charge is 0.509 e. The molecule has 1 aliphatic heterocycles. The summed E-state index contributed by atoms with van der Waals surface area (Å²) < 4.78 is 9.24. The van der Waals surface area contributed by atoms with E-state index in [-0.39, 0.29) is 48.1 Å². The fourth-order valence-corrected chi connectivity index (χ4v) is 9.89. The van der Waals surface area contributed by atoms with Gasteiger partial charge < -0.3 is 19.1 Å². The number of anilines is 4. The van der Waals surface area contributed by atoms with Crippen LogP contribution in [0.2, 0.25) is 0 Å². The molecule has 0 saturated carbocycles. The molecule has 7 aromatic carbocycles. The van der Waals surface area contributed by atoms with E-state index >= 15 is 0 Å². The van der Waals surface area contributed by atoms with Crippen LogP contribution in [0.3, 0.4) is 0 Å². The molecule has 3 heterocycles. The van der Waals surface area contributed by atoms with Crippen molar-refractivity contribution >= 4 is 44.6 Å². The van der Waals surface area contributed by atoms with Crippen LogP contribution in [0, 0.1) is 18.8 Å². The minimum Gasteiger partial charge on any atom is -0.509 e.